The number of hydrogen-bond donors (Lipinski definition) is 0. The van der Waals surface area contributed by atoms with Gasteiger partial charge in [0.15, 0.2) is 12.2 Å². The SMILES string of the molecule is Cc1cc(-c2ocnc2CBr)ccc1Br. The van der Waals surface area contributed by atoms with Crippen molar-refractivity contribution in [2.45, 2.75) is 12.3 Å². The quantitative estimate of drug-likeness (QED) is 0.767. The van der Waals surface area contributed by atoms with Gasteiger partial charge in [0, 0.05) is 15.4 Å². The Balaban J connectivity index is 2.50. The van der Waals surface area contributed by atoms with Crippen molar-refractivity contribution in [1.29, 1.82) is 0 Å². The van der Waals surface area contributed by atoms with E-state index in [2.05, 4.69) is 49.8 Å². The van der Waals surface area contributed by atoms with Crippen LogP contribution >= 0.6 is 31.9 Å². The summed E-state index contributed by atoms with van der Waals surface area (Å²) in [5, 5.41) is 0.702. The molecule has 0 unspecified atom stereocenters. The Bertz CT molecular complexity index is 479. The largest absolute Gasteiger partial charge is 0.443 e. The van der Waals surface area contributed by atoms with Crippen LogP contribution in [-0.4, -0.2) is 4.98 Å². The van der Waals surface area contributed by atoms with Gasteiger partial charge >= 0.3 is 0 Å². The molecule has 0 aliphatic heterocycles. The highest BCUT2D eigenvalue weighted by atomic mass is 79.9. The number of oxazole rings is 1. The molecule has 1 heterocycles. The highest BCUT2D eigenvalue weighted by Gasteiger charge is 2.10. The summed E-state index contributed by atoms with van der Waals surface area (Å²) in [7, 11) is 0. The fraction of sp³-hybridized carbons (Fsp3) is 0.182. The standard InChI is InChI=1S/C11H9Br2NO/c1-7-4-8(2-3-9(7)13)11-10(5-12)14-6-15-11/h2-4,6H,5H2,1H3. The third kappa shape index (κ3) is 2.16. The number of benzene rings is 1. The lowest BCUT2D eigenvalue weighted by Crippen LogP contribution is -1.84. The molecule has 2 rings (SSSR count). The van der Waals surface area contributed by atoms with Gasteiger partial charge in [0.1, 0.15) is 0 Å². The van der Waals surface area contributed by atoms with Gasteiger partial charge in [0.2, 0.25) is 0 Å². The van der Waals surface area contributed by atoms with Gasteiger partial charge in [-0.2, -0.15) is 0 Å². The van der Waals surface area contributed by atoms with Crippen LogP contribution in [0.2, 0.25) is 0 Å². The van der Waals surface area contributed by atoms with Gasteiger partial charge in [0.25, 0.3) is 0 Å². The second kappa shape index (κ2) is 4.49. The smallest absolute Gasteiger partial charge is 0.181 e. The number of nitrogens with zero attached hydrogens (tertiary/aromatic N) is 1. The zero-order valence-corrected chi connectivity index (χ0v) is 11.3. The molecule has 2 nitrogen and oxygen atoms in total. The van der Waals surface area contributed by atoms with Crippen molar-refractivity contribution in [2.24, 2.45) is 0 Å². The van der Waals surface area contributed by atoms with Gasteiger partial charge in [0.05, 0.1) is 5.69 Å². The maximum atomic E-state index is 5.38. The van der Waals surface area contributed by atoms with Crippen LogP contribution < -0.4 is 0 Å². The van der Waals surface area contributed by atoms with E-state index in [4.69, 9.17) is 4.42 Å². The summed E-state index contributed by atoms with van der Waals surface area (Å²) in [5.41, 5.74) is 3.17. The van der Waals surface area contributed by atoms with Crippen LogP contribution in [0.4, 0.5) is 0 Å². The van der Waals surface area contributed by atoms with E-state index in [1.807, 2.05) is 12.1 Å². The number of rotatable bonds is 2. The number of aromatic nitrogens is 1. The Kier molecular flexibility index (Phi) is 3.26. The monoisotopic (exact) mass is 329 g/mol. The van der Waals surface area contributed by atoms with Crippen molar-refractivity contribution in [3.05, 3.63) is 40.3 Å². The van der Waals surface area contributed by atoms with E-state index in [-0.39, 0.29) is 0 Å². The summed E-state index contributed by atoms with van der Waals surface area (Å²) in [4.78, 5) is 4.14. The van der Waals surface area contributed by atoms with Crippen molar-refractivity contribution in [1.82, 2.24) is 4.98 Å². The van der Waals surface area contributed by atoms with Gasteiger partial charge < -0.3 is 4.42 Å². The van der Waals surface area contributed by atoms with Crippen LogP contribution in [0.15, 0.2) is 33.5 Å². The first-order valence-electron chi connectivity index (χ1n) is 4.47. The Morgan fingerprint density at radius 3 is 2.87 bits per heavy atom. The summed E-state index contributed by atoms with van der Waals surface area (Å²) in [6.07, 6.45) is 1.48. The van der Waals surface area contributed by atoms with E-state index in [1.54, 1.807) is 0 Å². The first-order chi connectivity index (χ1) is 7.22. The number of hydrogen-bond acceptors (Lipinski definition) is 2. The van der Waals surface area contributed by atoms with Crippen LogP contribution in [0.25, 0.3) is 11.3 Å². The summed E-state index contributed by atoms with van der Waals surface area (Å²) < 4.78 is 6.48. The Labute approximate surface area is 105 Å². The molecule has 0 N–H and O–H groups in total. The predicted octanol–water partition coefficient (Wildman–Crippen LogP) is 4.31. The van der Waals surface area contributed by atoms with Gasteiger partial charge in [-0.1, -0.05) is 37.9 Å². The molecular weight excluding hydrogens is 322 g/mol. The molecule has 0 radical (unpaired) electrons. The van der Waals surface area contributed by atoms with Gasteiger partial charge in [-0.15, -0.1) is 0 Å². The molecule has 15 heavy (non-hydrogen) atoms. The van der Waals surface area contributed by atoms with Crippen molar-refractivity contribution in [2.75, 3.05) is 0 Å². The van der Waals surface area contributed by atoms with Crippen LogP contribution in [0.5, 0.6) is 0 Å². The molecule has 1 aromatic carbocycles. The van der Waals surface area contributed by atoms with Crippen LogP contribution in [0.3, 0.4) is 0 Å². The van der Waals surface area contributed by atoms with E-state index < -0.39 is 0 Å². The van der Waals surface area contributed by atoms with Crippen molar-refractivity contribution < 1.29 is 4.42 Å². The maximum Gasteiger partial charge on any atom is 0.181 e. The lowest BCUT2D eigenvalue weighted by molar-refractivity contribution is 0.571. The molecule has 0 fully saturated rings. The van der Waals surface area contributed by atoms with E-state index in [0.717, 1.165) is 21.5 Å². The van der Waals surface area contributed by atoms with Crippen molar-refractivity contribution in [3.8, 4) is 11.3 Å². The maximum absolute atomic E-state index is 5.38. The van der Waals surface area contributed by atoms with E-state index in [1.165, 1.54) is 12.0 Å². The summed E-state index contributed by atoms with van der Waals surface area (Å²) in [6, 6.07) is 6.12. The molecule has 0 aliphatic carbocycles. The molecule has 0 saturated heterocycles. The molecule has 2 aromatic rings. The molecule has 0 saturated carbocycles. The van der Waals surface area contributed by atoms with Crippen LogP contribution in [-0.2, 0) is 5.33 Å². The minimum Gasteiger partial charge on any atom is -0.443 e. The Hall–Kier alpha value is -0.610. The molecule has 1 aromatic heterocycles. The van der Waals surface area contributed by atoms with Gasteiger partial charge in [-0.25, -0.2) is 4.98 Å². The molecular formula is C11H9Br2NO. The predicted molar refractivity (Wildman–Crippen MR) is 67.0 cm³/mol. The average Bonchev–Trinajstić information content (AvgIpc) is 2.70. The topological polar surface area (TPSA) is 26.0 Å². The second-order valence-electron chi connectivity index (χ2n) is 3.23. The molecule has 0 spiro atoms. The van der Waals surface area contributed by atoms with E-state index in [9.17, 15) is 0 Å². The minimum absolute atomic E-state index is 0.702. The number of aryl methyl sites for hydroxylation is 1. The van der Waals surface area contributed by atoms with Gasteiger partial charge in [-0.05, 0) is 24.6 Å². The van der Waals surface area contributed by atoms with Crippen molar-refractivity contribution >= 4 is 31.9 Å². The fourth-order valence-corrected chi connectivity index (χ4v) is 2.03. The Morgan fingerprint density at radius 2 is 2.20 bits per heavy atom. The molecule has 4 heteroatoms. The zero-order valence-electron chi connectivity index (χ0n) is 8.13. The minimum atomic E-state index is 0.702. The summed E-state index contributed by atoms with van der Waals surface area (Å²) in [6.45, 7) is 2.05. The first-order valence-corrected chi connectivity index (χ1v) is 6.38. The first kappa shape index (κ1) is 10.9. The average molecular weight is 331 g/mol. The highest BCUT2D eigenvalue weighted by molar-refractivity contribution is 9.10. The molecule has 0 aliphatic rings. The summed E-state index contributed by atoms with van der Waals surface area (Å²) in [5.74, 6) is 0.836. The molecule has 0 atom stereocenters. The van der Waals surface area contributed by atoms with Crippen LogP contribution in [0.1, 0.15) is 11.3 Å². The zero-order chi connectivity index (χ0) is 10.8. The fourth-order valence-electron chi connectivity index (χ4n) is 1.39. The molecule has 0 amide bonds. The Morgan fingerprint density at radius 1 is 1.40 bits per heavy atom. The highest BCUT2D eigenvalue weighted by Crippen LogP contribution is 2.28. The van der Waals surface area contributed by atoms with Crippen molar-refractivity contribution in [3.63, 3.8) is 0 Å². The lowest BCUT2D eigenvalue weighted by Gasteiger charge is -2.02. The number of halogens is 2. The number of alkyl halides is 1. The van der Waals surface area contributed by atoms with E-state index >= 15 is 0 Å². The second-order valence-corrected chi connectivity index (χ2v) is 4.64. The van der Waals surface area contributed by atoms with Gasteiger partial charge in [-0.3, -0.25) is 0 Å². The summed E-state index contributed by atoms with van der Waals surface area (Å²) >= 11 is 6.86. The molecule has 0 bridgehead atoms. The third-order valence-electron chi connectivity index (χ3n) is 2.19. The van der Waals surface area contributed by atoms with E-state index in [0.29, 0.717) is 5.33 Å². The third-order valence-corrected chi connectivity index (χ3v) is 3.61. The lowest BCUT2D eigenvalue weighted by atomic mass is 10.1. The normalized spacial score (nSPS) is 10.6. The van der Waals surface area contributed by atoms with Crippen LogP contribution in [0, 0.1) is 6.92 Å². The molecule has 78 valence electrons.